The quantitative estimate of drug-likeness (QED) is 0.157. The molecular formula is C59H36N4. The lowest BCUT2D eigenvalue weighted by atomic mass is 9.69. The Hall–Kier alpha value is -8.70. The number of hydrogen-bond donors (Lipinski definition) is 0. The predicted molar refractivity (Wildman–Crippen MR) is 258 cm³/mol. The summed E-state index contributed by atoms with van der Waals surface area (Å²) in [6.07, 6.45) is 0. The molecule has 63 heavy (non-hydrogen) atoms. The topological polar surface area (TPSA) is 34.6 Å². The normalized spacial score (nSPS) is 12.5. The summed E-state index contributed by atoms with van der Waals surface area (Å²) in [6.45, 7) is 8.29. The molecule has 0 heterocycles. The van der Waals surface area contributed by atoms with Crippen molar-refractivity contribution >= 4 is 61.4 Å². The van der Waals surface area contributed by atoms with E-state index in [1.807, 2.05) is 66.7 Å². The van der Waals surface area contributed by atoms with Crippen LogP contribution in [-0.2, 0) is 5.41 Å². The average Bonchev–Trinajstić information content (AvgIpc) is 3.82. The Balaban J connectivity index is 1.20. The molecule has 0 unspecified atom stereocenters. The third-order valence-corrected chi connectivity index (χ3v) is 13.1. The van der Waals surface area contributed by atoms with Gasteiger partial charge in [0.1, 0.15) is 6.07 Å². The molecular weight excluding hydrogens is 765 g/mol. The molecule has 292 valence electrons. The van der Waals surface area contributed by atoms with Gasteiger partial charge in [-0.25, -0.2) is 4.85 Å². The highest BCUT2D eigenvalue weighted by Crippen LogP contribution is 2.66. The van der Waals surface area contributed by atoms with Crippen molar-refractivity contribution in [2.75, 3.05) is 9.80 Å². The zero-order valence-corrected chi connectivity index (χ0v) is 34.1. The van der Waals surface area contributed by atoms with Crippen LogP contribution in [0.25, 0.3) is 48.6 Å². The van der Waals surface area contributed by atoms with Crippen LogP contribution in [0.2, 0.25) is 0 Å². The van der Waals surface area contributed by atoms with E-state index in [9.17, 15) is 5.26 Å². The van der Waals surface area contributed by atoms with Gasteiger partial charge in [0.05, 0.1) is 34.6 Å². The molecule has 0 saturated heterocycles. The molecule has 1 spiro atoms. The molecule has 2 aliphatic rings. The van der Waals surface area contributed by atoms with E-state index in [1.54, 1.807) is 0 Å². The van der Waals surface area contributed by atoms with Crippen molar-refractivity contribution in [2.45, 2.75) is 5.41 Å². The van der Waals surface area contributed by atoms with E-state index in [2.05, 4.69) is 172 Å². The summed E-state index contributed by atoms with van der Waals surface area (Å²) in [5.74, 6) is 0. The smallest absolute Gasteiger partial charge is 0.210 e. The first kappa shape index (κ1) is 36.2. The molecule has 4 nitrogen and oxygen atoms in total. The maximum Gasteiger partial charge on any atom is 0.210 e. The van der Waals surface area contributed by atoms with E-state index in [4.69, 9.17) is 6.57 Å². The minimum atomic E-state index is -0.675. The van der Waals surface area contributed by atoms with Gasteiger partial charge in [0.15, 0.2) is 0 Å². The van der Waals surface area contributed by atoms with Gasteiger partial charge in [-0.1, -0.05) is 158 Å². The van der Waals surface area contributed by atoms with Crippen molar-refractivity contribution in [1.29, 1.82) is 5.26 Å². The van der Waals surface area contributed by atoms with Crippen molar-refractivity contribution < 1.29 is 0 Å². The molecule has 2 aliphatic carbocycles. The summed E-state index contributed by atoms with van der Waals surface area (Å²) in [7, 11) is 0. The molecule has 0 atom stereocenters. The minimum absolute atomic E-state index is 0.587. The number of nitrogens with zero attached hydrogens (tertiary/aromatic N) is 4. The standard InChI is InChI=1S/C59H36N4/c1-61-53-29-15-17-31-55(53)63(42-21-6-3-7-22-42)56-37-52-57(48-26-10-9-25-47(48)56)49-34-32-39-36-43(62(41-19-4-2-5-20-41)54-30-16-8-18-40(54)38-60)33-35-44(39)58(49)59(52)50-27-13-11-23-45(50)46-24-12-14-28-51(46)59/h2-37H. The fourth-order valence-corrected chi connectivity index (χ4v) is 10.6. The Labute approximate surface area is 366 Å². The molecule has 0 saturated carbocycles. The van der Waals surface area contributed by atoms with Gasteiger partial charge in [0.25, 0.3) is 0 Å². The third-order valence-electron chi connectivity index (χ3n) is 13.1. The molecule has 0 amide bonds. The lowest BCUT2D eigenvalue weighted by molar-refractivity contribution is 0.802. The summed E-state index contributed by atoms with van der Waals surface area (Å²) < 4.78 is 0. The minimum Gasteiger partial charge on any atom is -0.320 e. The fourth-order valence-electron chi connectivity index (χ4n) is 10.6. The van der Waals surface area contributed by atoms with Gasteiger partial charge in [0.2, 0.25) is 5.69 Å². The summed E-state index contributed by atoms with van der Waals surface area (Å²) in [5.41, 5.74) is 16.0. The number of para-hydroxylation sites is 5. The van der Waals surface area contributed by atoms with Crippen molar-refractivity contribution in [3.63, 3.8) is 0 Å². The predicted octanol–water partition coefficient (Wildman–Crippen LogP) is 15.7. The van der Waals surface area contributed by atoms with Crippen LogP contribution in [0.4, 0.5) is 39.8 Å². The second kappa shape index (κ2) is 14.2. The lowest BCUT2D eigenvalue weighted by Crippen LogP contribution is -2.26. The Morgan fingerprint density at radius 3 is 1.71 bits per heavy atom. The highest BCUT2D eigenvalue weighted by molar-refractivity contribution is 6.15. The maximum atomic E-state index is 10.3. The molecule has 0 fully saturated rings. The molecule has 0 N–H and O–H groups in total. The van der Waals surface area contributed by atoms with Crippen LogP contribution in [-0.4, -0.2) is 0 Å². The first-order valence-electron chi connectivity index (χ1n) is 21.2. The van der Waals surface area contributed by atoms with Crippen molar-refractivity contribution in [3.8, 4) is 28.3 Å². The van der Waals surface area contributed by atoms with E-state index in [1.165, 1.54) is 49.9 Å². The highest BCUT2D eigenvalue weighted by atomic mass is 15.2. The van der Waals surface area contributed by atoms with Crippen molar-refractivity contribution in [2.24, 2.45) is 0 Å². The maximum absolute atomic E-state index is 10.3. The molecule has 10 aromatic rings. The van der Waals surface area contributed by atoms with Crippen LogP contribution in [0.15, 0.2) is 218 Å². The van der Waals surface area contributed by atoms with E-state index in [-0.39, 0.29) is 0 Å². The Morgan fingerprint density at radius 1 is 0.429 bits per heavy atom. The van der Waals surface area contributed by atoms with Crippen LogP contribution in [0.5, 0.6) is 0 Å². The van der Waals surface area contributed by atoms with Gasteiger partial charge in [-0.15, -0.1) is 0 Å². The monoisotopic (exact) mass is 800 g/mol. The van der Waals surface area contributed by atoms with Gasteiger partial charge in [-0.3, -0.25) is 0 Å². The number of rotatable bonds is 6. The average molecular weight is 801 g/mol. The zero-order chi connectivity index (χ0) is 42.1. The van der Waals surface area contributed by atoms with E-state index < -0.39 is 5.41 Å². The van der Waals surface area contributed by atoms with Crippen molar-refractivity contribution in [1.82, 2.24) is 0 Å². The number of nitriles is 1. The summed E-state index contributed by atoms with van der Waals surface area (Å²) in [4.78, 5) is 8.52. The molecule has 12 rings (SSSR count). The summed E-state index contributed by atoms with van der Waals surface area (Å²) >= 11 is 0. The number of hydrogen-bond acceptors (Lipinski definition) is 3. The lowest BCUT2D eigenvalue weighted by Gasteiger charge is -2.34. The number of anilines is 6. The SMILES string of the molecule is [C-]#[N+]c1ccccc1N(c1ccccc1)c1cc2c(c3ccccc13)-c1ccc3cc(N(c4ccccc4)c4ccccc4C#N)ccc3c1C21c2ccccc2-c2ccccc21. The van der Waals surface area contributed by atoms with Crippen molar-refractivity contribution in [3.05, 3.63) is 258 Å². The van der Waals surface area contributed by atoms with Crippen LogP contribution in [0.1, 0.15) is 27.8 Å². The number of fused-ring (bicyclic) bond motifs is 14. The van der Waals surface area contributed by atoms with E-state index in [0.29, 0.717) is 11.3 Å². The first-order valence-corrected chi connectivity index (χ1v) is 21.2. The van der Waals surface area contributed by atoms with Gasteiger partial charge < -0.3 is 9.80 Å². The molecule has 0 bridgehead atoms. The molecule has 0 aromatic heterocycles. The van der Waals surface area contributed by atoms with Gasteiger partial charge in [0, 0.05) is 22.4 Å². The largest absolute Gasteiger partial charge is 0.320 e. The Bertz CT molecular complexity index is 3510. The van der Waals surface area contributed by atoms with Gasteiger partial charge in [-0.05, 0) is 121 Å². The van der Waals surface area contributed by atoms with Crippen LogP contribution in [0, 0.1) is 17.9 Å². The zero-order valence-electron chi connectivity index (χ0n) is 34.1. The van der Waals surface area contributed by atoms with E-state index in [0.717, 1.165) is 50.3 Å². The van der Waals surface area contributed by atoms with Crippen LogP contribution in [0.3, 0.4) is 0 Å². The molecule has 4 heteroatoms. The Morgan fingerprint density at radius 2 is 1.02 bits per heavy atom. The van der Waals surface area contributed by atoms with Crippen LogP contribution >= 0.6 is 0 Å². The fraction of sp³-hybridized carbons (Fsp3) is 0.0169. The second-order valence-corrected chi connectivity index (χ2v) is 16.2. The second-order valence-electron chi connectivity index (χ2n) is 16.2. The summed E-state index contributed by atoms with van der Waals surface area (Å²) in [5, 5.41) is 14.8. The Kier molecular flexibility index (Phi) is 8.16. The number of benzene rings is 10. The molecule has 10 aromatic carbocycles. The molecule has 0 aliphatic heterocycles. The van der Waals surface area contributed by atoms with Gasteiger partial charge in [-0.2, -0.15) is 5.26 Å². The molecule has 0 radical (unpaired) electrons. The highest BCUT2D eigenvalue weighted by Gasteiger charge is 2.53. The summed E-state index contributed by atoms with van der Waals surface area (Å²) in [6, 6.07) is 79.4. The first-order chi connectivity index (χ1) is 31.2. The van der Waals surface area contributed by atoms with Gasteiger partial charge >= 0.3 is 0 Å². The van der Waals surface area contributed by atoms with Crippen LogP contribution < -0.4 is 9.80 Å². The third kappa shape index (κ3) is 5.20. The van der Waals surface area contributed by atoms with E-state index >= 15 is 0 Å².